The summed E-state index contributed by atoms with van der Waals surface area (Å²) < 4.78 is 0. The Kier molecular flexibility index (Phi) is 5.77. The van der Waals surface area contributed by atoms with Crippen molar-refractivity contribution in [1.29, 1.82) is 0 Å². The number of benzene rings is 7. The van der Waals surface area contributed by atoms with E-state index < -0.39 is 0 Å². The standard InChI is InChI=1S/C42H33N/c1-42(2,3)34-17-20-36(21-18-34)43(35-12-8-5-9-13-35)37-19-16-31-25-39-38-24-30-15-14-29(28-10-6-4-7-11-28)22-32(30)26-40(38)41(39)27-33(31)23-37/h4-27H,1-3H3. The fourth-order valence-electron chi connectivity index (χ4n) is 6.50. The van der Waals surface area contributed by atoms with Crippen LogP contribution in [0.5, 0.6) is 0 Å². The normalized spacial score (nSPS) is 12.1. The third-order valence-corrected chi connectivity index (χ3v) is 8.89. The van der Waals surface area contributed by atoms with Crippen LogP contribution in [0.3, 0.4) is 0 Å². The molecule has 0 saturated carbocycles. The van der Waals surface area contributed by atoms with Crippen molar-refractivity contribution in [2.45, 2.75) is 26.2 Å². The van der Waals surface area contributed by atoms with Crippen molar-refractivity contribution < 1.29 is 0 Å². The second kappa shape index (κ2) is 9.71. The number of hydrogen-bond acceptors (Lipinski definition) is 1. The molecule has 43 heavy (non-hydrogen) atoms. The molecular weight excluding hydrogens is 518 g/mol. The number of nitrogens with zero attached hydrogens (tertiary/aromatic N) is 1. The Morgan fingerprint density at radius 1 is 0.372 bits per heavy atom. The van der Waals surface area contributed by atoms with E-state index in [0.717, 1.165) is 17.1 Å². The third kappa shape index (κ3) is 4.40. The molecule has 8 rings (SSSR count). The number of fused-ring (bicyclic) bond motifs is 6. The maximum atomic E-state index is 2.38. The summed E-state index contributed by atoms with van der Waals surface area (Å²) >= 11 is 0. The molecule has 0 bridgehead atoms. The maximum Gasteiger partial charge on any atom is 0.0468 e. The Morgan fingerprint density at radius 2 is 0.860 bits per heavy atom. The van der Waals surface area contributed by atoms with Crippen LogP contribution in [0.15, 0.2) is 146 Å². The van der Waals surface area contributed by atoms with Gasteiger partial charge in [-0.05, 0) is 133 Å². The average molecular weight is 552 g/mol. The lowest BCUT2D eigenvalue weighted by Crippen LogP contribution is -2.13. The number of anilines is 3. The molecule has 0 spiro atoms. The summed E-state index contributed by atoms with van der Waals surface area (Å²) in [5.74, 6) is 0. The van der Waals surface area contributed by atoms with Crippen molar-refractivity contribution in [2.24, 2.45) is 0 Å². The van der Waals surface area contributed by atoms with Gasteiger partial charge in [0.1, 0.15) is 0 Å². The molecule has 0 aliphatic heterocycles. The van der Waals surface area contributed by atoms with Crippen LogP contribution in [-0.4, -0.2) is 0 Å². The monoisotopic (exact) mass is 551 g/mol. The molecular formula is C42H33N. The molecule has 1 heteroatoms. The van der Waals surface area contributed by atoms with Gasteiger partial charge in [0.15, 0.2) is 0 Å². The van der Waals surface area contributed by atoms with Crippen molar-refractivity contribution in [3.63, 3.8) is 0 Å². The van der Waals surface area contributed by atoms with E-state index in [-0.39, 0.29) is 5.41 Å². The number of hydrogen-bond donors (Lipinski definition) is 0. The molecule has 0 saturated heterocycles. The predicted molar refractivity (Wildman–Crippen MR) is 185 cm³/mol. The first-order valence-electron chi connectivity index (χ1n) is 15.1. The van der Waals surface area contributed by atoms with E-state index in [2.05, 4.69) is 171 Å². The molecule has 206 valence electrons. The summed E-state index contributed by atoms with van der Waals surface area (Å²) in [6.07, 6.45) is 0. The Bertz CT molecular complexity index is 2130. The van der Waals surface area contributed by atoms with Crippen LogP contribution in [0.25, 0.3) is 54.9 Å². The molecule has 7 aromatic carbocycles. The minimum atomic E-state index is 0.117. The first kappa shape index (κ1) is 25.6. The predicted octanol–water partition coefficient (Wildman–Crippen LogP) is 12.1. The van der Waals surface area contributed by atoms with E-state index in [1.807, 2.05) is 0 Å². The zero-order valence-corrected chi connectivity index (χ0v) is 24.8. The Hall–Kier alpha value is -5.14. The van der Waals surface area contributed by atoms with Crippen LogP contribution in [0.2, 0.25) is 0 Å². The lowest BCUT2D eigenvalue weighted by atomic mass is 9.77. The van der Waals surface area contributed by atoms with Crippen LogP contribution < -0.4 is 4.90 Å². The van der Waals surface area contributed by atoms with Gasteiger partial charge in [-0.2, -0.15) is 0 Å². The number of rotatable bonds is 4. The summed E-state index contributed by atoms with van der Waals surface area (Å²) in [5, 5.41) is 5.10. The Labute approximate surface area is 253 Å². The molecule has 1 aliphatic carbocycles. The molecule has 1 nitrogen and oxygen atoms in total. The van der Waals surface area contributed by atoms with Crippen LogP contribution in [0, 0.1) is 0 Å². The van der Waals surface area contributed by atoms with Gasteiger partial charge >= 0.3 is 0 Å². The molecule has 0 aromatic heterocycles. The third-order valence-electron chi connectivity index (χ3n) is 8.89. The van der Waals surface area contributed by atoms with E-state index in [9.17, 15) is 0 Å². The Balaban J connectivity index is 1.21. The highest BCUT2D eigenvalue weighted by molar-refractivity contribution is 6.12. The van der Waals surface area contributed by atoms with Gasteiger partial charge in [-0.15, -0.1) is 0 Å². The van der Waals surface area contributed by atoms with Gasteiger partial charge in [-0.25, -0.2) is 0 Å². The average Bonchev–Trinajstić information content (AvgIpc) is 3.04. The van der Waals surface area contributed by atoms with E-state index in [1.165, 1.54) is 60.5 Å². The van der Waals surface area contributed by atoms with Gasteiger partial charge < -0.3 is 4.90 Å². The molecule has 0 unspecified atom stereocenters. The van der Waals surface area contributed by atoms with Crippen molar-refractivity contribution in [1.82, 2.24) is 0 Å². The summed E-state index contributed by atoms with van der Waals surface area (Å²) in [6.45, 7) is 6.79. The van der Waals surface area contributed by atoms with E-state index >= 15 is 0 Å². The number of para-hydroxylation sites is 1. The highest BCUT2D eigenvalue weighted by Crippen LogP contribution is 2.51. The highest BCUT2D eigenvalue weighted by atomic mass is 15.1. The molecule has 1 aliphatic rings. The van der Waals surface area contributed by atoms with Crippen molar-refractivity contribution in [3.8, 4) is 33.4 Å². The minimum Gasteiger partial charge on any atom is -0.310 e. The van der Waals surface area contributed by atoms with Gasteiger partial charge in [0, 0.05) is 17.1 Å². The SMILES string of the molecule is CC(C)(C)c1ccc(N(c2ccccc2)c2ccc3cc4c(cc3c2)-c2cc3cc(-c5ccccc5)ccc3cc2-4)cc1. The summed E-state index contributed by atoms with van der Waals surface area (Å²) in [4.78, 5) is 2.36. The molecule has 7 aromatic rings. The zero-order valence-electron chi connectivity index (χ0n) is 24.8. The minimum absolute atomic E-state index is 0.117. The van der Waals surface area contributed by atoms with Crippen molar-refractivity contribution in [3.05, 3.63) is 151 Å². The zero-order chi connectivity index (χ0) is 29.1. The summed E-state index contributed by atoms with van der Waals surface area (Å²) in [5.41, 5.74) is 12.8. The van der Waals surface area contributed by atoms with E-state index in [4.69, 9.17) is 0 Å². The molecule has 0 amide bonds. The van der Waals surface area contributed by atoms with Crippen LogP contribution in [0.4, 0.5) is 17.1 Å². The van der Waals surface area contributed by atoms with Gasteiger partial charge in [0.2, 0.25) is 0 Å². The lowest BCUT2D eigenvalue weighted by Gasteiger charge is -2.28. The second-order valence-electron chi connectivity index (χ2n) is 12.7. The van der Waals surface area contributed by atoms with Crippen molar-refractivity contribution >= 4 is 38.6 Å². The fourth-order valence-corrected chi connectivity index (χ4v) is 6.50. The first-order valence-corrected chi connectivity index (χ1v) is 15.1. The van der Waals surface area contributed by atoms with Crippen LogP contribution >= 0.6 is 0 Å². The van der Waals surface area contributed by atoms with E-state index in [1.54, 1.807) is 0 Å². The van der Waals surface area contributed by atoms with Crippen LogP contribution in [-0.2, 0) is 5.41 Å². The molecule has 0 fully saturated rings. The van der Waals surface area contributed by atoms with Crippen molar-refractivity contribution in [2.75, 3.05) is 4.90 Å². The topological polar surface area (TPSA) is 3.24 Å². The first-order chi connectivity index (χ1) is 20.9. The smallest absolute Gasteiger partial charge is 0.0468 e. The fraction of sp³-hybridized carbons (Fsp3) is 0.0952. The summed E-state index contributed by atoms with van der Waals surface area (Å²) in [7, 11) is 0. The Morgan fingerprint density at radius 3 is 1.47 bits per heavy atom. The molecule has 0 radical (unpaired) electrons. The van der Waals surface area contributed by atoms with Gasteiger partial charge in [-0.1, -0.05) is 99.6 Å². The lowest BCUT2D eigenvalue weighted by molar-refractivity contribution is 0.590. The molecule has 0 N–H and O–H groups in total. The molecule has 0 atom stereocenters. The quantitative estimate of drug-likeness (QED) is 0.210. The highest BCUT2D eigenvalue weighted by Gasteiger charge is 2.24. The van der Waals surface area contributed by atoms with Gasteiger partial charge in [-0.3, -0.25) is 0 Å². The summed E-state index contributed by atoms with van der Waals surface area (Å²) in [6, 6.07) is 53.5. The second-order valence-corrected chi connectivity index (χ2v) is 12.7. The largest absolute Gasteiger partial charge is 0.310 e. The molecule has 0 heterocycles. The maximum absolute atomic E-state index is 2.38. The van der Waals surface area contributed by atoms with Gasteiger partial charge in [0.25, 0.3) is 0 Å². The van der Waals surface area contributed by atoms with Crippen LogP contribution in [0.1, 0.15) is 26.3 Å². The van der Waals surface area contributed by atoms with Gasteiger partial charge in [0.05, 0.1) is 0 Å². The van der Waals surface area contributed by atoms with E-state index in [0.29, 0.717) is 0 Å².